The van der Waals surface area contributed by atoms with Crippen molar-refractivity contribution in [3.8, 4) is 55.9 Å². The van der Waals surface area contributed by atoms with E-state index in [0.29, 0.717) is 5.82 Å². The molecule has 0 N–H and O–H groups in total. The molecular weight excluding hydrogens is 638 g/mol. The lowest BCUT2D eigenvalue weighted by molar-refractivity contribution is 0.968. The van der Waals surface area contributed by atoms with E-state index in [9.17, 15) is 0 Å². The average Bonchev–Trinajstić information content (AvgIpc) is 3.77. The topological polar surface area (TPSA) is 30.2 Å². The van der Waals surface area contributed by atoms with Gasteiger partial charge < -0.3 is 0 Å². The molecular formula is C47H32N3P. The largest absolute Gasteiger partial charge is 0.219 e. The van der Waals surface area contributed by atoms with Gasteiger partial charge in [-0.1, -0.05) is 164 Å². The highest BCUT2D eigenvalue weighted by Crippen LogP contribution is 2.52. The van der Waals surface area contributed by atoms with Crippen molar-refractivity contribution < 1.29 is 0 Å². The zero-order valence-corrected chi connectivity index (χ0v) is 28.9. The van der Waals surface area contributed by atoms with Crippen molar-refractivity contribution in [3.05, 3.63) is 176 Å². The fourth-order valence-electron chi connectivity index (χ4n) is 7.77. The summed E-state index contributed by atoms with van der Waals surface area (Å²) in [5.74, 6) is 0.706. The van der Waals surface area contributed by atoms with Crippen molar-refractivity contribution in [2.24, 2.45) is 6.66 Å². The lowest BCUT2D eigenvalue weighted by atomic mass is 9.89. The molecule has 0 aliphatic heterocycles. The minimum Gasteiger partial charge on any atom is -0.219 e. The molecule has 3 nitrogen and oxygen atoms in total. The van der Waals surface area contributed by atoms with Gasteiger partial charge in [-0.2, -0.15) is 0 Å². The predicted molar refractivity (Wildman–Crippen MR) is 216 cm³/mol. The van der Waals surface area contributed by atoms with E-state index < -0.39 is 7.53 Å². The molecule has 10 aromatic rings. The monoisotopic (exact) mass is 669 g/mol. The Hall–Kier alpha value is -6.28. The summed E-state index contributed by atoms with van der Waals surface area (Å²) in [7, 11) is -0.480. The summed E-state index contributed by atoms with van der Waals surface area (Å²) in [6.07, 6.45) is 2.09. The van der Waals surface area contributed by atoms with Crippen LogP contribution in [0.3, 0.4) is 0 Å². The van der Waals surface area contributed by atoms with Crippen molar-refractivity contribution in [2.75, 3.05) is 0 Å². The zero-order valence-electron chi connectivity index (χ0n) is 28.0. The Morgan fingerprint density at radius 2 is 1.12 bits per heavy atom. The van der Waals surface area contributed by atoms with Gasteiger partial charge in [0.15, 0.2) is 11.5 Å². The Labute approximate surface area is 297 Å². The minimum atomic E-state index is -0.480. The number of benzene rings is 7. The first-order chi connectivity index (χ1) is 25.2. The van der Waals surface area contributed by atoms with Gasteiger partial charge in [0, 0.05) is 33.1 Å². The van der Waals surface area contributed by atoms with E-state index in [1.165, 1.54) is 54.0 Å². The standard InChI is InChI=1S/C47H32N3P/c1-51-43-22-11-10-19-39(43)40-20-12-21-41(45(40)51)44-37-18-9-8-17-33(37)27-28-38(44)34-23-25-35(26-24-34)46-48-47-42(32-15-6-3-7-16-32)29-36(30-50(47)49-46)31-13-4-2-5-14-31/h2-30H,1H3. The van der Waals surface area contributed by atoms with Crippen LogP contribution in [0.5, 0.6) is 0 Å². The number of fused-ring (bicyclic) bond motifs is 5. The second-order valence-corrected chi connectivity index (χ2v) is 15.2. The van der Waals surface area contributed by atoms with Crippen LogP contribution in [-0.4, -0.2) is 14.6 Å². The van der Waals surface area contributed by atoms with E-state index in [1.54, 1.807) is 0 Å². The van der Waals surface area contributed by atoms with Crippen molar-refractivity contribution >= 4 is 45.0 Å². The van der Waals surface area contributed by atoms with E-state index >= 15 is 0 Å². The molecule has 0 radical (unpaired) electrons. The smallest absolute Gasteiger partial charge is 0.182 e. The Balaban J connectivity index is 1.12. The van der Waals surface area contributed by atoms with Gasteiger partial charge in [0.2, 0.25) is 0 Å². The Morgan fingerprint density at radius 3 is 1.92 bits per heavy atom. The number of nitrogens with zero attached hydrogens (tertiary/aromatic N) is 3. The minimum absolute atomic E-state index is 0.480. The normalized spacial score (nSPS) is 12.0. The third-order valence-corrected chi connectivity index (χ3v) is 12.5. The number of aryl methyl sites for hydroxylation is 1. The predicted octanol–water partition coefficient (Wildman–Crippen LogP) is 13.0. The molecule has 3 heterocycles. The second kappa shape index (κ2) is 11.9. The molecule has 0 saturated carbocycles. The molecule has 51 heavy (non-hydrogen) atoms. The maximum atomic E-state index is 5.12. The molecule has 0 amide bonds. The van der Waals surface area contributed by atoms with Gasteiger partial charge >= 0.3 is 0 Å². The summed E-state index contributed by atoms with van der Waals surface area (Å²) in [5.41, 5.74) is 11.3. The fraction of sp³-hybridized carbons (Fsp3) is 0.0213. The molecule has 3 aromatic heterocycles. The lowest BCUT2D eigenvalue weighted by Gasteiger charge is -2.16. The third kappa shape index (κ3) is 4.89. The van der Waals surface area contributed by atoms with Gasteiger partial charge in [-0.05, 0) is 67.7 Å². The van der Waals surface area contributed by atoms with E-state index in [2.05, 4.69) is 171 Å². The van der Waals surface area contributed by atoms with Crippen LogP contribution in [-0.2, 0) is 6.66 Å². The van der Waals surface area contributed by atoms with Crippen molar-refractivity contribution in [2.45, 2.75) is 0 Å². The fourth-order valence-corrected chi connectivity index (χ4v) is 9.98. The molecule has 0 aliphatic rings. The number of pyridine rings is 1. The van der Waals surface area contributed by atoms with Gasteiger partial charge in [-0.15, -0.1) is 12.6 Å². The lowest BCUT2D eigenvalue weighted by Crippen LogP contribution is -1.93. The van der Waals surface area contributed by atoms with Crippen LogP contribution in [0.2, 0.25) is 0 Å². The highest BCUT2D eigenvalue weighted by Gasteiger charge is 2.19. The highest BCUT2D eigenvalue weighted by atomic mass is 31.1. The van der Waals surface area contributed by atoms with Crippen molar-refractivity contribution in [3.63, 3.8) is 0 Å². The maximum Gasteiger partial charge on any atom is 0.182 e. The highest BCUT2D eigenvalue weighted by molar-refractivity contribution is 7.60. The molecule has 0 bridgehead atoms. The molecule has 4 heteroatoms. The molecule has 0 saturated heterocycles. The molecule has 1 atom stereocenters. The van der Waals surface area contributed by atoms with Gasteiger partial charge in [-0.25, -0.2) is 9.50 Å². The van der Waals surface area contributed by atoms with Crippen molar-refractivity contribution in [1.82, 2.24) is 14.6 Å². The molecule has 240 valence electrons. The Morgan fingerprint density at radius 1 is 0.471 bits per heavy atom. The summed E-state index contributed by atoms with van der Waals surface area (Å²) < 4.78 is 1.94. The number of rotatable bonds is 5. The van der Waals surface area contributed by atoms with Gasteiger partial charge in [0.25, 0.3) is 0 Å². The molecule has 0 aliphatic carbocycles. The number of hydrogen-bond donors (Lipinski definition) is 0. The van der Waals surface area contributed by atoms with E-state index in [4.69, 9.17) is 10.1 Å². The number of aromatic nitrogens is 3. The van der Waals surface area contributed by atoms with Crippen LogP contribution < -0.4 is 0 Å². The summed E-state index contributed by atoms with van der Waals surface area (Å²) in [6, 6.07) is 61.1. The first-order valence-corrected chi connectivity index (χ1v) is 19.1. The Kier molecular flexibility index (Phi) is 6.94. The van der Waals surface area contributed by atoms with Crippen LogP contribution >= 0.6 is 7.53 Å². The summed E-state index contributed by atoms with van der Waals surface area (Å²) in [6.45, 7) is 2.41. The van der Waals surface area contributed by atoms with E-state index in [0.717, 1.165) is 33.5 Å². The average molecular weight is 670 g/mol. The quantitative estimate of drug-likeness (QED) is 0.183. The van der Waals surface area contributed by atoms with Crippen LogP contribution in [0.1, 0.15) is 0 Å². The van der Waals surface area contributed by atoms with E-state index in [-0.39, 0.29) is 0 Å². The first kappa shape index (κ1) is 29.6. The third-order valence-electron chi connectivity index (χ3n) is 10.2. The molecule has 1 unspecified atom stereocenters. The molecule has 10 rings (SSSR count). The van der Waals surface area contributed by atoms with Gasteiger partial charge in [0.1, 0.15) is 0 Å². The first-order valence-electron chi connectivity index (χ1n) is 17.3. The maximum absolute atomic E-state index is 5.12. The van der Waals surface area contributed by atoms with Gasteiger partial charge in [-0.3, -0.25) is 0 Å². The Bertz CT molecular complexity index is 2900. The van der Waals surface area contributed by atoms with Gasteiger partial charge in [0.05, 0.1) is 0 Å². The summed E-state index contributed by atoms with van der Waals surface area (Å²) in [5, 5.41) is 13.2. The second-order valence-electron chi connectivity index (χ2n) is 13.1. The van der Waals surface area contributed by atoms with Crippen LogP contribution in [0.4, 0.5) is 0 Å². The summed E-state index contributed by atoms with van der Waals surface area (Å²) in [4.78, 5) is 5.12. The SMILES string of the molecule is Cp1c2ccccc2c2cccc(-c3c(-c4ccc(-c5nc6c(-c7ccccc7)cc(-c7ccccc7)cn6n5)cc4)ccc4ccccc34)c21. The molecule has 0 spiro atoms. The van der Waals surface area contributed by atoms with Crippen LogP contribution in [0.25, 0.3) is 93.3 Å². The molecule has 0 fully saturated rings. The van der Waals surface area contributed by atoms with E-state index in [1.807, 2.05) is 16.6 Å². The zero-order chi connectivity index (χ0) is 33.9. The van der Waals surface area contributed by atoms with Crippen LogP contribution in [0, 0.1) is 0 Å². The summed E-state index contributed by atoms with van der Waals surface area (Å²) >= 11 is 0. The van der Waals surface area contributed by atoms with Crippen LogP contribution in [0.15, 0.2) is 176 Å². The van der Waals surface area contributed by atoms with Crippen molar-refractivity contribution in [1.29, 1.82) is 0 Å². The number of hydrogen-bond acceptors (Lipinski definition) is 2. The molecule has 7 aromatic carbocycles.